The maximum absolute atomic E-state index is 3.55. The zero-order valence-electron chi connectivity index (χ0n) is 14.1. The van der Waals surface area contributed by atoms with Crippen molar-refractivity contribution in [2.75, 3.05) is 26.2 Å². The second kappa shape index (κ2) is 7.95. The number of likely N-dealkylation sites (N-methyl/N-ethyl adjacent to an activating group) is 1. The van der Waals surface area contributed by atoms with E-state index in [0.29, 0.717) is 11.5 Å². The summed E-state index contributed by atoms with van der Waals surface area (Å²) in [5.41, 5.74) is 2.06. The van der Waals surface area contributed by atoms with Gasteiger partial charge in [0.15, 0.2) is 0 Å². The molecule has 1 saturated heterocycles. The smallest absolute Gasteiger partial charge is 0.0472 e. The van der Waals surface area contributed by atoms with Crippen molar-refractivity contribution < 1.29 is 0 Å². The Morgan fingerprint density at radius 3 is 2.19 bits per heavy atom. The van der Waals surface area contributed by atoms with E-state index in [2.05, 4.69) is 61.3 Å². The van der Waals surface area contributed by atoms with Gasteiger partial charge in [0.25, 0.3) is 0 Å². The average Bonchev–Trinajstić information content (AvgIpc) is 2.57. The van der Waals surface area contributed by atoms with E-state index in [0.717, 1.165) is 13.1 Å². The van der Waals surface area contributed by atoms with E-state index in [-0.39, 0.29) is 0 Å². The molecule has 1 unspecified atom stereocenters. The Kier molecular flexibility index (Phi) is 6.25. The number of piperidine rings is 1. The molecule has 1 aliphatic heterocycles. The zero-order valence-corrected chi connectivity index (χ0v) is 14.1. The molecular formula is C19H32N2. The van der Waals surface area contributed by atoms with Crippen molar-refractivity contribution in [2.45, 2.75) is 52.5 Å². The van der Waals surface area contributed by atoms with Gasteiger partial charge in [0.1, 0.15) is 0 Å². The van der Waals surface area contributed by atoms with Crippen molar-refractivity contribution >= 4 is 0 Å². The normalized spacial score (nSPS) is 20.3. The molecule has 0 spiro atoms. The summed E-state index contributed by atoms with van der Waals surface area (Å²) in [5.74, 6) is 0. The third kappa shape index (κ3) is 4.08. The van der Waals surface area contributed by atoms with Gasteiger partial charge in [0, 0.05) is 12.6 Å². The van der Waals surface area contributed by atoms with Crippen molar-refractivity contribution in [3.8, 4) is 0 Å². The van der Waals surface area contributed by atoms with Crippen molar-refractivity contribution in [2.24, 2.45) is 5.41 Å². The molecule has 1 atom stereocenters. The molecule has 21 heavy (non-hydrogen) atoms. The Labute approximate surface area is 130 Å². The number of hydrogen-bond donors (Lipinski definition) is 1. The largest absolute Gasteiger partial charge is 0.315 e. The zero-order chi connectivity index (χ0) is 15.1. The standard InChI is InChI=1S/C19H32N2/c1-4-19(5-2)12-14-21(15-13-19)18(16-20-6-3)17-10-8-7-9-11-17/h7-11,18,20H,4-6,12-16H2,1-3H3. The molecule has 118 valence electrons. The molecule has 1 aliphatic rings. The van der Waals surface area contributed by atoms with Crippen LogP contribution in [0, 0.1) is 5.41 Å². The predicted molar refractivity (Wildman–Crippen MR) is 91.5 cm³/mol. The number of nitrogens with zero attached hydrogens (tertiary/aromatic N) is 1. The Balaban J connectivity index is 2.05. The summed E-state index contributed by atoms with van der Waals surface area (Å²) in [4.78, 5) is 2.70. The van der Waals surface area contributed by atoms with Crippen molar-refractivity contribution in [1.29, 1.82) is 0 Å². The van der Waals surface area contributed by atoms with Crippen LogP contribution in [-0.4, -0.2) is 31.1 Å². The Morgan fingerprint density at radius 1 is 1.05 bits per heavy atom. The van der Waals surface area contributed by atoms with E-state index in [4.69, 9.17) is 0 Å². The fourth-order valence-electron chi connectivity index (χ4n) is 3.68. The minimum atomic E-state index is 0.526. The summed E-state index contributed by atoms with van der Waals surface area (Å²) in [6.45, 7) is 11.5. The lowest BCUT2D eigenvalue weighted by atomic mass is 9.74. The quantitative estimate of drug-likeness (QED) is 0.807. The van der Waals surface area contributed by atoms with Crippen molar-refractivity contribution in [3.05, 3.63) is 35.9 Å². The van der Waals surface area contributed by atoms with E-state index >= 15 is 0 Å². The minimum Gasteiger partial charge on any atom is -0.315 e. The number of rotatable bonds is 7. The van der Waals surface area contributed by atoms with Crippen LogP contribution in [0.3, 0.4) is 0 Å². The minimum absolute atomic E-state index is 0.526. The third-order valence-corrected chi connectivity index (χ3v) is 5.57. The summed E-state index contributed by atoms with van der Waals surface area (Å²) in [7, 11) is 0. The first-order valence-electron chi connectivity index (χ1n) is 8.74. The summed E-state index contributed by atoms with van der Waals surface area (Å²) < 4.78 is 0. The van der Waals surface area contributed by atoms with Gasteiger partial charge in [-0.05, 0) is 43.5 Å². The van der Waals surface area contributed by atoms with Gasteiger partial charge in [0.05, 0.1) is 0 Å². The van der Waals surface area contributed by atoms with E-state index < -0.39 is 0 Å². The van der Waals surface area contributed by atoms with Crippen molar-refractivity contribution in [1.82, 2.24) is 10.2 Å². The van der Waals surface area contributed by atoms with E-state index in [1.54, 1.807) is 0 Å². The van der Waals surface area contributed by atoms with Gasteiger partial charge in [0.2, 0.25) is 0 Å². The van der Waals surface area contributed by atoms with Gasteiger partial charge >= 0.3 is 0 Å². The van der Waals surface area contributed by atoms with Gasteiger partial charge in [-0.3, -0.25) is 4.90 Å². The third-order valence-electron chi connectivity index (χ3n) is 5.57. The van der Waals surface area contributed by atoms with Crippen LogP contribution >= 0.6 is 0 Å². The maximum Gasteiger partial charge on any atom is 0.0472 e. The molecule has 1 N–H and O–H groups in total. The first-order chi connectivity index (χ1) is 10.2. The number of benzene rings is 1. The molecule has 2 heteroatoms. The van der Waals surface area contributed by atoms with Crippen molar-refractivity contribution in [3.63, 3.8) is 0 Å². The highest BCUT2D eigenvalue weighted by Crippen LogP contribution is 2.39. The van der Waals surface area contributed by atoms with Crippen LogP contribution in [0.15, 0.2) is 30.3 Å². The lowest BCUT2D eigenvalue weighted by Gasteiger charge is -2.44. The highest BCUT2D eigenvalue weighted by atomic mass is 15.2. The average molecular weight is 288 g/mol. The summed E-state index contributed by atoms with van der Waals surface area (Å²) in [5, 5.41) is 3.55. The van der Waals surface area contributed by atoms with Gasteiger partial charge in [-0.1, -0.05) is 63.9 Å². The van der Waals surface area contributed by atoms with Gasteiger partial charge < -0.3 is 5.32 Å². The van der Waals surface area contributed by atoms with Crippen LogP contribution in [0.4, 0.5) is 0 Å². The molecule has 0 bridgehead atoms. The molecule has 2 nitrogen and oxygen atoms in total. The first-order valence-corrected chi connectivity index (χ1v) is 8.74. The van der Waals surface area contributed by atoms with Crippen LogP contribution in [0.1, 0.15) is 58.1 Å². The van der Waals surface area contributed by atoms with Crippen LogP contribution in [-0.2, 0) is 0 Å². The molecule has 2 rings (SSSR count). The molecule has 1 heterocycles. The Bertz CT molecular complexity index is 387. The fraction of sp³-hybridized carbons (Fsp3) is 0.684. The van der Waals surface area contributed by atoms with Gasteiger partial charge in [-0.25, -0.2) is 0 Å². The molecule has 0 saturated carbocycles. The SMILES string of the molecule is CCNCC(c1ccccc1)N1CCC(CC)(CC)CC1. The van der Waals surface area contributed by atoms with Gasteiger partial charge in [-0.15, -0.1) is 0 Å². The predicted octanol–water partition coefficient (Wildman–Crippen LogP) is 4.24. The highest BCUT2D eigenvalue weighted by molar-refractivity contribution is 5.19. The summed E-state index contributed by atoms with van der Waals surface area (Å²) in [6.07, 6.45) is 5.38. The lowest BCUT2D eigenvalue weighted by Crippen LogP contribution is -2.44. The maximum atomic E-state index is 3.55. The molecule has 0 radical (unpaired) electrons. The van der Waals surface area contributed by atoms with Crippen LogP contribution in [0.5, 0.6) is 0 Å². The molecule has 0 amide bonds. The van der Waals surface area contributed by atoms with E-state index in [1.807, 2.05) is 0 Å². The number of hydrogen-bond acceptors (Lipinski definition) is 2. The molecular weight excluding hydrogens is 256 g/mol. The lowest BCUT2D eigenvalue weighted by molar-refractivity contribution is 0.0654. The first kappa shape index (κ1) is 16.5. The van der Waals surface area contributed by atoms with Crippen LogP contribution < -0.4 is 5.32 Å². The summed E-state index contributed by atoms with van der Waals surface area (Å²) in [6, 6.07) is 11.5. The number of likely N-dealkylation sites (tertiary alicyclic amines) is 1. The molecule has 0 aliphatic carbocycles. The molecule has 1 fully saturated rings. The summed E-state index contributed by atoms with van der Waals surface area (Å²) >= 11 is 0. The fourth-order valence-corrected chi connectivity index (χ4v) is 3.68. The van der Waals surface area contributed by atoms with Crippen LogP contribution in [0.2, 0.25) is 0 Å². The topological polar surface area (TPSA) is 15.3 Å². The van der Waals surface area contributed by atoms with Gasteiger partial charge in [-0.2, -0.15) is 0 Å². The second-order valence-electron chi connectivity index (χ2n) is 6.48. The van der Waals surface area contributed by atoms with Crippen LogP contribution in [0.25, 0.3) is 0 Å². The monoisotopic (exact) mass is 288 g/mol. The van der Waals surface area contributed by atoms with E-state index in [1.165, 1.54) is 44.3 Å². The molecule has 1 aromatic rings. The van der Waals surface area contributed by atoms with E-state index in [9.17, 15) is 0 Å². The second-order valence-corrected chi connectivity index (χ2v) is 6.48. The number of nitrogens with one attached hydrogen (secondary N) is 1. The Morgan fingerprint density at radius 2 is 1.67 bits per heavy atom. The highest BCUT2D eigenvalue weighted by Gasteiger charge is 2.33. The molecule has 0 aromatic heterocycles. The molecule has 1 aromatic carbocycles. The Hall–Kier alpha value is -0.860.